The molecule has 1 amide bonds. The van der Waals surface area contributed by atoms with Gasteiger partial charge in [-0.15, -0.1) is 11.3 Å². The Morgan fingerprint density at radius 1 is 1.52 bits per heavy atom. The van der Waals surface area contributed by atoms with Crippen molar-refractivity contribution in [2.75, 3.05) is 19.7 Å². The molecule has 0 aliphatic carbocycles. The van der Waals surface area contributed by atoms with Gasteiger partial charge >= 0.3 is 5.97 Å². The lowest BCUT2D eigenvalue weighted by molar-refractivity contribution is -0.150. The van der Waals surface area contributed by atoms with Gasteiger partial charge in [0, 0.05) is 24.0 Å². The zero-order valence-corrected chi connectivity index (χ0v) is 13.5. The minimum Gasteiger partial charge on any atom is -0.466 e. The van der Waals surface area contributed by atoms with E-state index in [1.807, 2.05) is 6.07 Å². The Morgan fingerprint density at radius 2 is 2.33 bits per heavy atom. The fourth-order valence-electron chi connectivity index (χ4n) is 2.31. The minimum atomic E-state index is -0.205. The first-order valence-corrected chi connectivity index (χ1v) is 8.18. The van der Waals surface area contributed by atoms with E-state index in [9.17, 15) is 9.59 Å². The predicted octanol–water partition coefficient (Wildman–Crippen LogP) is 3.22. The summed E-state index contributed by atoms with van der Waals surface area (Å²) in [5, 5.41) is 0. The molecule has 2 rings (SSSR count). The predicted molar refractivity (Wildman–Crippen MR) is 84.3 cm³/mol. The van der Waals surface area contributed by atoms with Crippen molar-refractivity contribution in [1.82, 2.24) is 4.90 Å². The molecule has 0 unspecified atom stereocenters. The Morgan fingerprint density at radius 3 is 3.00 bits per heavy atom. The van der Waals surface area contributed by atoms with Crippen molar-refractivity contribution in [3.63, 3.8) is 0 Å². The largest absolute Gasteiger partial charge is 0.466 e. The standard InChI is InChI=1S/C15H18ClNO3S/c1-2-20-15(19)11-4-3-9-17(10-11)14(18)8-6-12-5-7-13(16)21-12/h5-8,11H,2-4,9-10H2,1H3/b8-6-/t11-/m1/s1. The van der Waals surface area contributed by atoms with Crippen molar-refractivity contribution < 1.29 is 14.3 Å². The summed E-state index contributed by atoms with van der Waals surface area (Å²) in [4.78, 5) is 26.6. The summed E-state index contributed by atoms with van der Waals surface area (Å²) in [5.74, 6) is -0.482. The zero-order chi connectivity index (χ0) is 15.2. The molecule has 114 valence electrons. The van der Waals surface area contributed by atoms with Crippen LogP contribution >= 0.6 is 22.9 Å². The Labute approximate surface area is 133 Å². The molecule has 0 radical (unpaired) electrons. The Hall–Kier alpha value is -1.33. The van der Waals surface area contributed by atoms with Gasteiger partial charge in [0.05, 0.1) is 16.9 Å². The summed E-state index contributed by atoms with van der Waals surface area (Å²) in [7, 11) is 0. The number of amides is 1. The van der Waals surface area contributed by atoms with Crippen LogP contribution in [-0.4, -0.2) is 36.5 Å². The van der Waals surface area contributed by atoms with E-state index in [-0.39, 0.29) is 17.8 Å². The summed E-state index contributed by atoms with van der Waals surface area (Å²) in [6, 6.07) is 3.67. The van der Waals surface area contributed by atoms with Gasteiger partial charge in [0.25, 0.3) is 0 Å². The minimum absolute atomic E-state index is 0.0754. The van der Waals surface area contributed by atoms with Crippen LogP contribution in [0.15, 0.2) is 18.2 Å². The highest BCUT2D eigenvalue weighted by Gasteiger charge is 2.28. The summed E-state index contributed by atoms with van der Waals surface area (Å²) >= 11 is 7.27. The van der Waals surface area contributed by atoms with E-state index >= 15 is 0 Å². The average molecular weight is 328 g/mol. The first-order chi connectivity index (χ1) is 10.1. The summed E-state index contributed by atoms with van der Waals surface area (Å²) < 4.78 is 5.73. The Balaban J connectivity index is 1.92. The van der Waals surface area contributed by atoms with Gasteiger partial charge in [-0.25, -0.2) is 0 Å². The van der Waals surface area contributed by atoms with Crippen molar-refractivity contribution in [1.29, 1.82) is 0 Å². The quantitative estimate of drug-likeness (QED) is 0.630. The number of rotatable bonds is 4. The van der Waals surface area contributed by atoms with Gasteiger partial charge in [-0.1, -0.05) is 11.6 Å². The molecule has 1 aliphatic rings. The number of piperidine rings is 1. The van der Waals surface area contributed by atoms with Gasteiger partial charge in [-0.05, 0) is 38.0 Å². The second-order valence-electron chi connectivity index (χ2n) is 4.85. The van der Waals surface area contributed by atoms with Crippen LogP contribution < -0.4 is 0 Å². The first-order valence-electron chi connectivity index (χ1n) is 6.99. The maximum absolute atomic E-state index is 12.2. The van der Waals surface area contributed by atoms with Crippen LogP contribution in [0.25, 0.3) is 6.08 Å². The first kappa shape index (κ1) is 16.0. The molecule has 0 spiro atoms. The smallest absolute Gasteiger partial charge is 0.310 e. The lowest BCUT2D eigenvalue weighted by Crippen LogP contribution is -2.42. The normalized spacial score (nSPS) is 19.0. The van der Waals surface area contributed by atoms with E-state index in [0.29, 0.717) is 24.0 Å². The Kier molecular flexibility index (Phi) is 5.82. The molecule has 1 aromatic heterocycles. The monoisotopic (exact) mass is 327 g/mol. The summed E-state index contributed by atoms with van der Waals surface area (Å²) in [5.41, 5.74) is 0. The molecule has 6 heteroatoms. The van der Waals surface area contributed by atoms with Crippen LogP contribution in [0.3, 0.4) is 0 Å². The third-order valence-electron chi connectivity index (χ3n) is 3.34. The van der Waals surface area contributed by atoms with Crippen LogP contribution in [0.5, 0.6) is 0 Å². The lowest BCUT2D eigenvalue weighted by Gasteiger charge is -2.30. The van der Waals surface area contributed by atoms with Crippen LogP contribution in [0.4, 0.5) is 0 Å². The molecule has 1 aliphatic heterocycles. The van der Waals surface area contributed by atoms with E-state index in [4.69, 9.17) is 16.3 Å². The number of esters is 1. The zero-order valence-electron chi connectivity index (χ0n) is 11.9. The number of hydrogen-bond acceptors (Lipinski definition) is 4. The molecule has 0 aromatic carbocycles. The van der Waals surface area contributed by atoms with E-state index in [2.05, 4.69) is 0 Å². The fourth-order valence-corrected chi connectivity index (χ4v) is 3.27. The number of ether oxygens (including phenoxy) is 1. The molecular formula is C15H18ClNO3S. The Bertz CT molecular complexity index is 541. The lowest BCUT2D eigenvalue weighted by atomic mass is 9.98. The number of carbonyl (C=O) groups is 2. The second-order valence-corrected chi connectivity index (χ2v) is 6.60. The van der Waals surface area contributed by atoms with Gasteiger partial charge in [0.1, 0.15) is 0 Å². The van der Waals surface area contributed by atoms with Crippen molar-refractivity contribution in [2.24, 2.45) is 5.92 Å². The van der Waals surface area contributed by atoms with Gasteiger partial charge < -0.3 is 9.64 Å². The molecule has 1 saturated heterocycles. The van der Waals surface area contributed by atoms with Crippen LogP contribution in [0, 0.1) is 5.92 Å². The number of carbonyl (C=O) groups excluding carboxylic acids is 2. The molecule has 0 saturated carbocycles. The van der Waals surface area contributed by atoms with Crippen LogP contribution in [0.1, 0.15) is 24.6 Å². The molecule has 1 fully saturated rings. The van der Waals surface area contributed by atoms with Gasteiger partial charge in [0.2, 0.25) is 5.91 Å². The maximum atomic E-state index is 12.2. The van der Waals surface area contributed by atoms with E-state index < -0.39 is 0 Å². The van der Waals surface area contributed by atoms with Crippen molar-refractivity contribution >= 4 is 40.9 Å². The topological polar surface area (TPSA) is 46.6 Å². The average Bonchev–Trinajstić information content (AvgIpc) is 2.91. The van der Waals surface area contributed by atoms with Crippen LogP contribution in [0.2, 0.25) is 4.34 Å². The third kappa shape index (κ3) is 4.58. The molecule has 2 heterocycles. The number of hydrogen-bond donors (Lipinski definition) is 0. The van der Waals surface area contributed by atoms with Gasteiger partial charge in [0.15, 0.2) is 0 Å². The number of halogens is 1. The van der Waals surface area contributed by atoms with E-state index in [0.717, 1.165) is 17.7 Å². The number of thiophene rings is 1. The third-order valence-corrected chi connectivity index (χ3v) is 4.53. The molecule has 21 heavy (non-hydrogen) atoms. The van der Waals surface area contributed by atoms with Crippen molar-refractivity contribution in [3.05, 3.63) is 27.4 Å². The number of nitrogens with zero attached hydrogens (tertiary/aromatic N) is 1. The van der Waals surface area contributed by atoms with Gasteiger partial charge in [-0.3, -0.25) is 9.59 Å². The number of likely N-dealkylation sites (tertiary alicyclic amines) is 1. The highest BCUT2D eigenvalue weighted by atomic mass is 35.5. The van der Waals surface area contributed by atoms with E-state index in [1.165, 1.54) is 17.4 Å². The summed E-state index contributed by atoms with van der Waals surface area (Å²) in [6.45, 7) is 3.29. The molecule has 4 nitrogen and oxygen atoms in total. The molecule has 0 bridgehead atoms. The van der Waals surface area contributed by atoms with Crippen molar-refractivity contribution in [3.8, 4) is 0 Å². The maximum Gasteiger partial charge on any atom is 0.310 e. The molecule has 1 atom stereocenters. The molecule has 0 N–H and O–H groups in total. The highest BCUT2D eigenvalue weighted by Crippen LogP contribution is 2.23. The van der Waals surface area contributed by atoms with Crippen LogP contribution in [-0.2, 0) is 14.3 Å². The SMILES string of the molecule is CCOC(=O)[C@@H]1CCCN(C(=O)/C=C\c2ccc(Cl)s2)C1. The molecular weight excluding hydrogens is 310 g/mol. The van der Waals surface area contributed by atoms with Gasteiger partial charge in [-0.2, -0.15) is 0 Å². The fraction of sp³-hybridized carbons (Fsp3) is 0.467. The van der Waals surface area contributed by atoms with Crippen molar-refractivity contribution in [2.45, 2.75) is 19.8 Å². The highest BCUT2D eigenvalue weighted by molar-refractivity contribution is 7.17. The molecule has 1 aromatic rings. The summed E-state index contributed by atoms with van der Waals surface area (Å²) in [6.07, 6.45) is 4.91. The second kappa shape index (κ2) is 7.61. The van der Waals surface area contributed by atoms with E-state index in [1.54, 1.807) is 24.0 Å².